The molecule has 0 saturated heterocycles. The summed E-state index contributed by atoms with van der Waals surface area (Å²) in [6.07, 6.45) is 9.09. The van der Waals surface area contributed by atoms with Crippen LogP contribution in [-0.4, -0.2) is 27.0 Å². The molecule has 0 radical (unpaired) electrons. The Bertz CT molecular complexity index is 586. The summed E-state index contributed by atoms with van der Waals surface area (Å²) >= 11 is 0. The fraction of sp³-hybridized carbons (Fsp3) is 0.182. The molecular formula is C11H9N3O2. The lowest BCUT2D eigenvalue weighted by Crippen LogP contribution is -2.03. The van der Waals surface area contributed by atoms with Crippen molar-refractivity contribution >= 4 is 11.3 Å². The molecule has 0 fully saturated rings. The number of hydrogen-bond acceptors (Lipinski definition) is 4. The maximum absolute atomic E-state index is 12.0. The molecule has 2 aromatic rings. The summed E-state index contributed by atoms with van der Waals surface area (Å²) in [5.41, 5.74) is 1.23. The zero-order valence-electron chi connectivity index (χ0n) is 8.46. The van der Waals surface area contributed by atoms with E-state index in [-0.39, 0.29) is 5.78 Å². The fourth-order valence-electron chi connectivity index (χ4n) is 1.72. The number of carbonyl (C=O) groups is 1. The summed E-state index contributed by atoms with van der Waals surface area (Å²) in [4.78, 5) is 16.0. The number of Topliss-reactive ketones (excluding diaryl/α,β-unsaturated/α-hetero) is 1. The lowest BCUT2D eigenvalue weighted by atomic mass is 10.1. The Morgan fingerprint density at radius 2 is 2.38 bits per heavy atom. The number of carbonyl (C=O) groups excluding carboxylic acids is 1. The van der Waals surface area contributed by atoms with Gasteiger partial charge >= 0.3 is 0 Å². The van der Waals surface area contributed by atoms with E-state index in [2.05, 4.69) is 10.1 Å². The maximum atomic E-state index is 12.0. The van der Waals surface area contributed by atoms with E-state index in [0.717, 1.165) is 6.42 Å². The summed E-state index contributed by atoms with van der Waals surface area (Å²) in [5.74, 6) is 0.291. The van der Waals surface area contributed by atoms with E-state index in [1.165, 1.54) is 0 Å². The van der Waals surface area contributed by atoms with Gasteiger partial charge in [0.25, 0.3) is 0 Å². The minimum Gasteiger partial charge on any atom is -0.489 e. The highest BCUT2D eigenvalue weighted by Crippen LogP contribution is 2.18. The Labute approximate surface area is 91.4 Å². The van der Waals surface area contributed by atoms with Gasteiger partial charge in [-0.3, -0.25) is 9.78 Å². The molecule has 0 atom stereocenters. The van der Waals surface area contributed by atoms with E-state index in [9.17, 15) is 4.79 Å². The van der Waals surface area contributed by atoms with Gasteiger partial charge < -0.3 is 4.74 Å². The molecule has 0 spiro atoms. The molecule has 5 heteroatoms. The second-order valence-electron chi connectivity index (χ2n) is 3.50. The van der Waals surface area contributed by atoms with Crippen LogP contribution in [0.25, 0.3) is 5.52 Å². The first-order chi connectivity index (χ1) is 7.86. The number of nitrogens with zero attached hydrogens (tertiary/aromatic N) is 3. The lowest BCUT2D eigenvalue weighted by molar-refractivity contribution is 0.0944. The van der Waals surface area contributed by atoms with Gasteiger partial charge in [0.05, 0.1) is 30.1 Å². The number of rotatable bonds is 2. The standard InChI is InChI=1S/C11H9N3O2/c15-11(10-2-1-5-16-10)8-6-13-14-4-3-12-7-9(8)14/h2-4,6-7H,1,5H2. The Morgan fingerprint density at radius 3 is 3.19 bits per heavy atom. The molecule has 0 unspecified atom stereocenters. The predicted molar refractivity (Wildman–Crippen MR) is 56.0 cm³/mol. The first kappa shape index (κ1) is 9.08. The summed E-state index contributed by atoms with van der Waals surface area (Å²) in [6, 6.07) is 0. The van der Waals surface area contributed by atoms with Crippen molar-refractivity contribution in [2.45, 2.75) is 6.42 Å². The number of hydrogen-bond donors (Lipinski definition) is 0. The van der Waals surface area contributed by atoms with Crippen LogP contribution in [0.5, 0.6) is 0 Å². The van der Waals surface area contributed by atoms with Crippen LogP contribution in [0, 0.1) is 0 Å². The summed E-state index contributed by atoms with van der Waals surface area (Å²) in [6.45, 7) is 0.582. The third-order valence-electron chi connectivity index (χ3n) is 2.50. The van der Waals surface area contributed by atoms with Crippen molar-refractivity contribution in [3.8, 4) is 0 Å². The van der Waals surface area contributed by atoms with E-state index in [1.54, 1.807) is 29.3 Å². The zero-order valence-corrected chi connectivity index (χ0v) is 8.46. The number of allylic oxidation sites excluding steroid dienone is 1. The summed E-state index contributed by atoms with van der Waals surface area (Å²) < 4.78 is 6.86. The van der Waals surface area contributed by atoms with E-state index >= 15 is 0 Å². The number of fused-ring (bicyclic) bond motifs is 1. The van der Waals surface area contributed by atoms with Crippen LogP contribution in [0.4, 0.5) is 0 Å². The van der Waals surface area contributed by atoms with Gasteiger partial charge in [0, 0.05) is 18.8 Å². The van der Waals surface area contributed by atoms with Crippen LogP contribution in [0.15, 0.2) is 36.6 Å². The minimum atomic E-state index is -0.125. The molecule has 0 aromatic carbocycles. The molecular weight excluding hydrogens is 206 g/mol. The molecule has 0 bridgehead atoms. The monoisotopic (exact) mass is 215 g/mol. The van der Waals surface area contributed by atoms with Crippen molar-refractivity contribution in [2.24, 2.45) is 0 Å². The van der Waals surface area contributed by atoms with Crippen LogP contribution >= 0.6 is 0 Å². The van der Waals surface area contributed by atoms with Crippen LogP contribution < -0.4 is 0 Å². The Kier molecular flexibility index (Phi) is 1.96. The molecule has 2 aromatic heterocycles. The zero-order chi connectivity index (χ0) is 11.0. The third-order valence-corrected chi connectivity index (χ3v) is 2.50. The maximum Gasteiger partial charge on any atom is 0.231 e. The van der Waals surface area contributed by atoms with Crippen LogP contribution in [0.2, 0.25) is 0 Å². The second kappa shape index (κ2) is 3.44. The van der Waals surface area contributed by atoms with Gasteiger partial charge in [0.15, 0.2) is 5.76 Å². The molecule has 0 saturated carbocycles. The second-order valence-corrected chi connectivity index (χ2v) is 3.50. The molecule has 5 nitrogen and oxygen atoms in total. The first-order valence-electron chi connectivity index (χ1n) is 5.01. The molecule has 1 aliphatic rings. The molecule has 80 valence electrons. The normalized spacial score (nSPS) is 14.9. The van der Waals surface area contributed by atoms with Gasteiger partial charge in [-0.15, -0.1) is 0 Å². The number of aromatic nitrogens is 3. The first-order valence-corrected chi connectivity index (χ1v) is 5.01. The minimum absolute atomic E-state index is 0.125. The van der Waals surface area contributed by atoms with E-state index < -0.39 is 0 Å². The van der Waals surface area contributed by atoms with Crippen molar-refractivity contribution < 1.29 is 9.53 Å². The largest absolute Gasteiger partial charge is 0.489 e. The van der Waals surface area contributed by atoms with Gasteiger partial charge in [0.1, 0.15) is 0 Å². The Hall–Kier alpha value is -2.17. The van der Waals surface area contributed by atoms with E-state index in [1.807, 2.05) is 6.08 Å². The van der Waals surface area contributed by atoms with Crippen LogP contribution in [0.3, 0.4) is 0 Å². The molecule has 3 rings (SSSR count). The molecule has 1 aliphatic heterocycles. The van der Waals surface area contributed by atoms with Crippen molar-refractivity contribution in [3.05, 3.63) is 42.2 Å². The average Bonchev–Trinajstić information content (AvgIpc) is 2.98. The van der Waals surface area contributed by atoms with Crippen LogP contribution in [-0.2, 0) is 4.74 Å². The lowest BCUT2D eigenvalue weighted by Gasteiger charge is -2.00. The highest BCUT2D eigenvalue weighted by atomic mass is 16.5. The Balaban J connectivity index is 2.09. The smallest absolute Gasteiger partial charge is 0.231 e. The molecule has 16 heavy (non-hydrogen) atoms. The molecule has 0 aliphatic carbocycles. The highest BCUT2D eigenvalue weighted by molar-refractivity contribution is 6.11. The van der Waals surface area contributed by atoms with Gasteiger partial charge in [-0.05, 0) is 6.08 Å². The SMILES string of the molecule is O=C(C1=CCCO1)c1cnn2ccncc12. The van der Waals surface area contributed by atoms with Crippen LogP contribution in [0.1, 0.15) is 16.8 Å². The van der Waals surface area contributed by atoms with E-state index in [4.69, 9.17) is 4.74 Å². The molecule has 3 heterocycles. The summed E-state index contributed by atoms with van der Waals surface area (Å²) in [7, 11) is 0. The quantitative estimate of drug-likeness (QED) is 0.707. The molecule has 0 N–H and O–H groups in total. The van der Waals surface area contributed by atoms with Gasteiger partial charge in [-0.1, -0.05) is 0 Å². The van der Waals surface area contributed by atoms with Gasteiger partial charge in [-0.2, -0.15) is 5.10 Å². The summed E-state index contributed by atoms with van der Waals surface area (Å²) in [5, 5.41) is 4.08. The van der Waals surface area contributed by atoms with Gasteiger partial charge in [-0.25, -0.2) is 4.52 Å². The fourth-order valence-corrected chi connectivity index (χ4v) is 1.72. The van der Waals surface area contributed by atoms with Gasteiger partial charge in [0.2, 0.25) is 5.78 Å². The molecule has 0 amide bonds. The average molecular weight is 215 g/mol. The van der Waals surface area contributed by atoms with Crippen molar-refractivity contribution in [2.75, 3.05) is 6.61 Å². The van der Waals surface area contributed by atoms with E-state index in [0.29, 0.717) is 23.4 Å². The Morgan fingerprint density at radius 1 is 1.44 bits per heavy atom. The predicted octanol–water partition coefficient (Wildman–Crippen LogP) is 1.22. The topological polar surface area (TPSA) is 56.5 Å². The van der Waals surface area contributed by atoms with Crippen molar-refractivity contribution in [1.82, 2.24) is 14.6 Å². The highest BCUT2D eigenvalue weighted by Gasteiger charge is 2.20. The van der Waals surface area contributed by atoms with Crippen molar-refractivity contribution in [3.63, 3.8) is 0 Å². The number of ketones is 1. The number of ether oxygens (including phenoxy) is 1. The van der Waals surface area contributed by atoms with Crippen molar-refractivity contribution in [1.29, 1.82) is 0 Å². The third kappa shape index (κ3) is 1.29.